The third kappa shape index (κ3) is 3.70. The number of amides is 1. The standard InChI is InChI=1S/C17H25FN2O2/c1-12-13(2)15(7-6-14(12)18)19-8-10-20(11-9-19)16(21)22-17(3,4)5/h6-7H,8-11H2,1-5H3. The van der Waals surface area contributed by atoms with E-state index in [1.165, 1.54) is 6.07 Å². The van der Waals surface area contributed by atoms with Gasteiger partial charge in [0.15, 0.2) is 0 Å². The maximum Gasteiger partial charge on any atom is 0.410 e. The lowest BCUT2D eigenvalue weighted by Gasteiger charge is -2.37. The number of carbonyl (C=O) groups is 1. The zero-order chi connectivity index (χ0) is 16.5. The van der Waals surface area contributed by atoms with E-state index in [4.69, 9.17) is 4.74 Å². The van der Waals surface area contributed by atoms with E-state index in [0.29, 0.717) is 18.7 Å². The van der Waals surface area contributed by atoms with Crippen LogP contribution < -0.4 is 4.90 Å². The molecule has 0 spiro atoms. The Bertz CT molecular complexity index is 559. The molecular formula is C17H25FN2O2. The van der Waals surface area contributed by atoms with Gasteiger partial charge in [-0.1, -0.05) is 0 Å². The first kappa shape index (κ1) is 16.6. The number of carbonyl (C=O) groups excluding carboxylic acids is 1. The molecule has 0 bridgehead atoms. The van der Waals surface area contributed by atoms with Crippen molar-refractivity contribution in [2.45, 2.75) is 40.2 Å². The van der Waals surface area contributed by atoms with E-state index < -0.39 is 5.60 Å². The Labute approximate surface area is 131 Å². The monoisotopic (exact) mass is 308 g/mol. The molecule has 1 amide bonds. The molecule has 0 aromatic heterocycles. The number of piperazine rings is 1. The largest absolute Gasteiger partial charge is 0.444 e. The highest BCUT2D eigenvalue weighted by Crippen LogP contribution is 2.26. The summed E-state index contributed by atoms with van der Waals surface area (Å²) < 4.78 is 19.0. The van der Waals surface area contributed by atoms with Gasteiger partial charge in [0.1, 0.15) is 11.4 Å². The number of hydrogen-bond donors (Lipinski definition) is 0. The van der Waals surface area contributed by atoms with Crippen LogP contribution >= 0.6 is 0 Å². The van der Waals surface area contributed by atoms with Crippen LogP contribution in [0.4, 0.5) is 14.9 Å². The van der Waals surface area contributed by atoms with Gasteiger partial charge in [-0.05, 0) is 57.9 Å². The van der Waals surface area contributed by atoms with Gasteiger partial charge < -0.3 is 14.5 Å². The molecule has 22 heavy (non-hydrogen) atoms. The summed E-state index contributed by atoms with van der Waals surface area (Å²) in [5, 5.41) is 0. The van der Waals surface area contributed by atoms with Crippen LogP contribution in [-0.4, -0.2) is 42.8 Å². The van der Waals surface area contributed by atoms with E-state index in [1.54, 1.807) is 11.8 Å². The molecule has 1 aliphatic rings. The van der Waals surface area contributed by atoms with Crippen LogP contribution in [-0.2, 0) is 4.74 Å². The Morgan fingerprint density at radius 2 is 1.68 bits per heavy atom. The Hall–Kier alpha value is -1.78. The van der Waals surface area contributed by atoms with E-state index in [-0.39, 0.29) is 11.9 Å². The quantitative estimate of drug-likeness (QED) is 0.796. The highest BCUT2D eigenvalue weighted by Gasteiger charge is 2.26. The smallest absolute Gasteiger partial charge is 0.410 e. The number of hydrogen-bond acceptors (Lipinski definition) is 3. The fourth-order valence-electron chi connectivity index (χ4n) is 2.57. The second-order valence-electron chi connectivity index (χ2n) is 6.77. The van der Waals surface area contributed by atoms with Gasteiger partial charge in [0.2, 0.25) is 0 Å². The van der Waals surface area contributed by atoms with Gasteiger partial charge in [-0.15, -0.1) is 0 Å². The van der Waals surface area contributed by atoms with Crippen LogP contribution in [0.1, 0.15) is 31.9 Å². The van der Waals surface area contributed by atoms with E-state index in [0.717, 1.165) is 24.3 Å². The predicted molar refractivity (Wildman–Crippen MR) is 85.9 cm³/mol. The summed E-state index contributed by atoms with van der Waals surface area (Å²) >= 11 is 0. The summed E-state index contributed by atoms with van der Waals surface area (Å²) in [4.78, 5) is 16.0. The molecule has 0 unspecified atom stereocenters. The van der Waals surface area contributed by atoms with Gasteiger partial charge in [-0.3, -0.25) is 0 Å². The molecule has 4 nitrogen and oxygen atoms in total. The Balaban J connectivity index is 2.01. The summed E-state index contributed by atoms with van der Waals surface area (Å²) in [6.45, 7) is 12.0. The van der Waals surface area contributed by atoms with Crippen molar-refractivity contribution in [3.05, 3.63) is 29.1 Å². The van der Waals surface area contributed by atoms with E-state index in [2.05, 4.69) is 4.90 Å². The lowest BCUT2D eigenvalue weighted by Crippen LogP contribution is -2.50. The maximum absolute atomic E-state index is 13.6. The molecule has 1 saturated heterocycles. The van der Waals surface area contributed by atoms with Gasteiger partial charge in [0, 0.05) is 31.9 Å². The lowest BCUT2D eigenvalue weighted by atomic mass is 10.1. The zero-order valence-corrected chi connectivity index (χ0v) is 14.1. The number of benzene rings is 1. The topological polar surface area (TPSA) is 32.8 Å². The van der Waals surface area contributed by atoms with Crippen LogP contribution in [0.5, 0.6) is 0 Å². The first-order chi connectivity index (χ1) is 10.2. The Kier molecular flexibility index (Phi) is 4.63. The van der Waals surface area contributed by atoms with Crippen molar-refractivity contribution in [2.24, 2.45) is 0 Å². The van der Waals surface area contributed by atoms with Crippen molar-refractivity contribution in [2.75, 3.05) is 31.1 Å². The van der Waals surface area contributed by atoms with Crippen molar-refractivity contribution in [1.82, 2.24) is 4.90 Å². The van der Waals surface area contributed by atoms with E-state index in [9.17, 15) is 9.18 Å². The SMILES string of the molecule is Cc1c(F)ccc(N2CCN(C(=O)OC(C)(C)C)CC2)c1C. The van der Waals surface area contributed by atoms with Gasteiger partial charge in [-0.2, -0.15) is 0 Å². The molecule has 1 heterocycles. The molecular weight excluding hydrogens is 283 g/mol. The maximum atomic E-state index is 13.6. The molecule has 1 aromatic carbocycles. The number of anilines is 1. The van der Waals surface area contributed by atoms with Gasteiger partial charge in [0.05, 0.1) is 0 Å². The molecule has 0 atom stereocenters. The fourth-order valence-corrected chi connectivity index (χ4v) is 2.57. The first-order valence-corrected chi connectivity index (χ1v) is 7.67. The third-order valence-corrected chi connectivity index (χ3v) is 3.96. The lowest BCUT2D eigenvalue weighted by molar-refractivity contribution is 0.0240. The van der Waals surface area contributed by atoms with Gasteiger partial charge in [-0.25, -0.2) is 9.18 Å². The molecule has 0 aliphatic carbocycles. The van der Waals surface area contributed by atoms with Crippen LogP contribution in [0.15, 0.2) is 12.1 Å². The number of nitrogens with zero attached hydrogens (tertiary/aromatic N) is 2. The van der Waals surface area contributed by atoms with Crippen LogP contribution in [0.3, 0.4) is 0 Å². The highest BCUT2D eigenvalue weighted by molar-refractivity contribution is 5.69. The number of ether oxygens (including phenoxy) is 1. The van der Waals surface area contributed by atoms with Gasteiger partial charge >= 0.3 is 6.09 Å². The molecule has 2 rings (SSSR count). The first-order valence-electron chi connectivity index (χ1n) is 7.67. The number of halogens is 1. The minimum absolute atomic E-state index is 0.173. The molecule has 5 heteroatoms. The average Bonchev–Trinajstić information content (AvgIpc) is 2.43. The number of rotatable bonds is 1. The predicted octanol–water partition coefficient (Wildman–Crippen LogP) is 3.50. The van der Waals surface area contributed by atoms with Gasteiger partial charge in [0.25, 0.3) is 0 Å². The summed E-state index contributed by atoms with van der Waals surface area (Å²) in [6.07, 6.45) is -0.265. The second kappa shape index (κ2) is 6.15. The van der Waals surface area contributed by atoms with Crippen molar-refractivity contribution in [3.8, 4) is 0 Å². The van der Waals surface area contributed by atoms with Crippen molar-refractivity contribution < 1.29 is 13.9 Å². The highest BCUT2D eigenvalue weighted by atomic mass is 19.1. The molecule has 0 radical (unpaired) electrons. The normalized spacial score (nSPS) is 15.9. The molecule has 1 fully saturated rings. The summed E-state index contributed by atoms with van der Waals surface area (Å²) in [7, 11) is 0. The summed E-state index contributed by atoms with van der Waals surface area (Å²) in [5.41, 5.74) is 2.22. The van der Waals surface area contributed by atoms with Crippen molar-refractivity contribution >= 4 is 11.8 Å². The summed E-state index contributed by atoms with van der Waals surface area (Å²) in [6, 6.07) is 3.33. The molecule has 0 saturated carbocycles. The van der Waals surface area contributed by atoms with Crippen molar-refractivity contribution in [3.63, 3.8) is 0 Å². The van der Waals surface area contributed by atoms with Crippen LogP contribution in [0.25, 0.3) is 0 Å². The average molecular weight is 308 g/mol. The second-order valence-corrected chi connectivity index (χ2v) is 6.77. The fraction of sp³-hybridized carbons (Fsp3) is 0.588. The molecule has 122 valence electrons. The molecule has 0 N–H and O–H groups in total. The zero-order valence-electron chi connectivity index (χ0n) is 14.1. The summed E-state index contributed by atoms with van der Waals surface area (Å²) in [5.74, 6) is -0.173. The van der Waals surface area contributed by atoms with Crippen molar-refractivity contribution in [1.29, 1.82) is 0 Å². The van der Waals surface area contributed by atoms with Crippen LogP contribution in [0.2, 0.25) is 0 Å². The molecule has 1 aromatic rings. The minimum Gasteiger partial charge on any atom is -0.444 e. The van der Waals surface area contributed by atoms with E-state index >= 15 is 0 Å². The Morgan fingerprint density at radius 3 is 2.23 bits per heavy atom. The van der Waals surface area contributed by atoms with E-state index in [1.807, 2.05) is 33.8 Å². The minimum atomic E-state index is -0.473. The third-order valence-electron chi connectivity index (χ3n) is 3.96. The molecule has 1 aliphatic heterocycles. The van der Waals surface area contributed by atoms with Crippen LogP contribution in [0, 0.1) is 19.7 Å². The Morgan fingerprint density at radius 1 is 1.09 bits per heavy atom.